The lowest BCUT2D eigenvalue weighted by molar-refractivity contribution is -0.117. The first-order valence-electron chi connectivity index (χ1n) is 9.19. The summed E-state index contributed by atoms with van der Waals surface area (Å²) in [5.74, 6) is 1.04. The van der Waals surface area contributed by atoms with E-state index in [0.717, 1.165) is 30.1 Å². The van der Waals surface area contributed by atoms with Crippen molar-refractivity contribution in [3.05, 3.63) is 54.1 Å². The molecule has 2 aromatic rings. The van der Waals surface area contributed by atoms with Gasteiger partial charge in [0.25, 0.3) is 0 Å². The fourth-order valence-electron chi connectivity index (χ4n) is 2.93. The van der Waals surface area contributed by atoms with Crippen molar-refractivity contribution in [3.8, 4) is 5.75 Å². The van der Waals surface area contributed by atoms with Crippen LogP contribution in [0.1, 0.15) is 25.3 Å². The number of amides is 1. The first kappa shape index (κ1) is 19.2. The number of rotatable bonds is 6. The van der Waals surface area contributed by atoms with Crippen molar-refractivity contribution in [3.63, 3.8) is 0 Å². The van der Waals surface area contributed by atoms with Gasteiger partial charge in [0.2, 0.25) is 5.91 Å². The van der Waals surface area contributed by atoms with Gasteiger partial charge in [-0.05, 0) is 68.9 Å². The van der Waals surface area contributed by atoms with E-state index in [1.54, 1.807) is 0 Å². The van der Waals surface area contributed by atoms with Crippen molar-refractivity contribution < 1.29 is 9.53 Å². The zero-order chi connectivity index (χ0) is 19.2. The van der Waals surface area contributed by atoms with Gasteiger partial charge in [-0.15, -0.1) is 0 Å². The third kappa shape index (κ3) is 5.44. The summed E-state index contributed by atoms with van der Waals surface area (Å²) >= 11 is 5.38. The van der Waals surface area contributed by atoms with E-state index >= 15 is 0 Å². The summed E-state index contributed by atoms with van der Waals surface area (Å²) in [6, 6.07) is 15.8. The molecule has 0 aromatic heterocycles. The van der Waals surface area contributed by atoms with Gasteiger partial charge in [-0.25, -0.2) is 0 Å². The topological polar surface area (TPSA) is 53.6 Å². The number of anilines is 2. The molecule has 0 radical (unpaired) electrons. The summed E-state index contributed by atoms with van der Waals surface area (Å²) in [4.78, 5) is 13.6. The van der Waals surface area contributed by atoms with Gasteiger partial charge in [-0.1, -0.05) is 17.7 Å². The third-order valence-corrected chi connectivity index (χ3v) is 4.63. The maximum atomic E-state index is 11.8. The number of benzene rings is 2. The Kier molecular flexibility index (Phi) is 6.29. The van der Waals surface area contributed by atoms with E-state index in [1.807, 2.05) is 67.3 Å². The summed E-state index contributed by atoms with van der Waals surface area (Å²) in [6.07, 6.45) is 1.56. The fraction of sp³-hybridized carbons (Fsp3) is 0.333. The number of ether oxygens (including phenoxy) is 1. The van der Waals surface area contributed by atoms with Crippen LogP contribution >= 0.6 is 12.2 Å². The van der Waals surface area contributed by atoms with Crippen LogP contribution in [0.2, 0.25) is 0 Å². The average Bonchev–Trinajstić information content (AvgIpc) is 3.08. The molecule has 1 fully saturated rings. The van der Waals surface area contributed by atoms with Gasteiger partial charge in [0.15, 0.2) is 5.11 Å². The number of carbonyl (C=O) groups is 1. The highest BCUT2D eigenvalue weighted by molar-refractivity contribution is 7.80. The predicted molar refractivity (Wildman–Crippen MR) is 114 cm³/mol. The second-order valence-electron chi connectivity index (χ2n) is 6.82. The second kappa shape index (κ2) is 8.86. The molecule has 1 aliphatic heterocycles. The highest BCUT2D eigenvalue weighted by Gasteiger charge is 2.21. The van der Waals surface area contributed by atoms with Crippen molar-refractivity contribution >= 4 is 34.6 Å². The average molecular weight is 384 g/mol. The van der Waals surface area contributed by atoms with Gasteiger partial charge in [0.1, 0.15) is 12.4 Å². The minimum absolute atomic E-state index is 0.0628. The molecular weight excluding hydrogens is 358 g/mol. The summed E-state index contributed by atoms with van der Waals surface area (Å²) in [6.45, 7) is 5.38. The van der Waals surface area contributed by atoms with Gasteiger partial charge >= 0.3 is 0 Å². The molecule has 0 spiro atoms. The molecule has 1 atom stereocenters. The molecule has 5 nitrogen and oxygen atoms in total. The van der Waals surface area contributed by atoms with Crippen LogP contribution in [0.4, 0.5) is 11.4 Å². The van der Waals surface area contributed by atoms with Crippen LogP contribution in [0.5, 0.6) is 5.75 Å². The summed E-state index contributed by atoms with van der Waals surface area (Å²) in [5.41, 5.74) is 3.02. The fourth-order valence-corrected chi connectivity index (χ4v) is 3.25. The molecule has 27 heavy (non-hydrogen) atoms. The summed E-state index contributed by atoms with van der Waals surface area (Å²) in [5, 5.41) is 6.93. The quantitative estimate of drug-likeness (QED) is 0.742. The molecule has 1 saturated heterocycles. The van der Waals surface area contributed by atoms with Crippen molar-refractivity contribution in [2.75, 3.05) is 23.4 Å². The lowest BCUT2D eigenvalue weighted by atomic mass is 10.2. The second-order valence-corrected chi connectivity index (χ2v) is 7.23. The number of nitrogens with one attached hydrogen (secondary N) is 2. The van der Waals surface area contributed by atoms with Gasteiger partial charge in [0, 0.05) is 24.3 Å². The lowest BCUT2D eigenvalue weighted by Gasteiger charge is -2.19. The van der Waals surface area contributed by atoms with Gasteiger partial charge in [-0.2, -0.15) is 0 Å². The summed E-state index contributed by atoms with van der Waals surface area (Å²) in [7, 11) is 0. The Morgan fingerprint density at radius 2 is 1.89 bits per heavy atom. The van der Waals surface area contributed by atoms with Crippen LogP contribution in [0.25, 0.3) is 0 Å². The highest BCUT2D eigenvalue weighted by atomic mass is 32.1. The molecule has 6 heteroatoms. The van der Waals surface area contributed by atoms with Crippen LogP contribution in [0.15, 0.2) is 48.5 Å². The van der Waals surface area contributed by atoms with Crippen molar-refractivity contribution in [1.29, 1.82) is 0 Å². The molecule has 1 aliphatic rings. The van der Waals surface area contributed by atoms with Crippen molar-refractivity contribution in [2.24, 2.45) is 0 Å². The van der Waals surface area contributed by atoms with Crippen molar-refractivity contribution in [2.45, 2.75) is 32.7 Å². The first-order chi connectivity index (χ1) is 13.0. The monoisotopic (exact) mass is 383 g/mol. The third-order valence-electron chi connectivity index (χ3n) is 4.41. The first-order valence-corrected chi connectivity index (χ1v) is 9.59. The smallest absolute Gasteiger partial charge is 0.227 e. The predicted octanol–water partition coefficient (Wildman–Crippen LogP) is 3.88. The Labute approximate surface area is 165 Å². The molecule has 2 N–H and O–H groups in total. The Bertz CT molecular complexity index is 790. The standard InChI is InChI=1S/C21H25N3O2S/c1-15-5-11-19(12-6-15)26-14-16(2)22-21(27)23-17-7-9-18(10-8-17)24-13-3-4-20(24)25/h5-12,16H,3-4,13-14H2,1-2H3,(H2,22,23,27)/t16-/m1/s1. The molecule has 3 rings (SSSR count). The molecular formula is C21H25N3O2S. The van der Waals surface area contributed by atoms with E-state index in [4.69, 9.17) is 17.0 Å². The van der Waals surface area contributed by atoms with E-state index in [-0.39, 0.29) is 11.9 Å². The number of hydrogen-bond acceptors (Lipinski definition) is 3. The van der Waals surface area contributed by atoms with Gasteiger partial charge in [-0.3, -0.25) is 4.79 Å². The van der Waals surface area contributed by atoms with Crippen LogP contribution in [-0.4, -0.2) is 30.2 Å². The maximum Gasteiger partial charge on any atom is 0.227 e. The molecule has 0 saturated carbocycles. The molecule has 1 amide bonds. The number of carbonyl (C=O) groups excluding carboxylic acids is 1. The van der Waals surface area contributed by atoms with Crippen LogP contribution < -0.4 is 20.3 Å². The molecule has 2 aromatic carbocycles. The van der Waals surface area contributed by atoms with Gasteiger partial charge < -0.3 is 20.3 Å². The van der Waals surface area contributed by atoms with Crippen LogP contribution in [-0.2, 0) is 4.79 Å². The maximum absolute atomic E-state index is 11.8. The summed E-state index contributed by atoms with van der Waals surface area (Å²) < 4.78 is 5.77. The molecule has 1 heterocycles. The van der Waals surface area contributed by atoms with Crippen LogP contribution in [0, 0.1) is 6.92 Å². The Hall–Kier alpha value is -2.60. The molecule has 0 bridgehead atoms. The Morgan fingerprint density at radius 1 is 1.19 bits per heavy atom. The Balaban J connectivity index is 1.45. The minimum Gasteiger partial charge on any atom is -0.491 e. The van der Waals surface area contributed by atoms with E-state index in [1.165, 1.54) is 5.56 Å². The largest absolute Gasteiger partial charge is 0.491 e. The van der Waals surface area contributed by atoms with E-state index in [2.05, 4.69) is 10.6 Å². The molecule has 0 aliphatic carbocycles. The van der Waals surface area contributed by atoms with E-state index in [9.17, 15) is 4.79 Å². The number of nitrogens with zero attached hydrogens (tertiary/aromatic N) is 1. The number of aryl methyl sites for hydroxylation is 1. The number of thiocarbonyl (C=S) groups is 1. The highest BCUT2D eigenvalue weighted by Crippen LogP contribution is 2.23. The van der Waals surface area contributed by atoms with Crippen LogP contribution in [0.3, 0.4) is 0 Å². The van der Waals surface area contributed by atoms with Gasteiger partial charge in [0.05, 0.1) is 6.04 Å². The van der Waals surface area contributed by atoms with E-state index in [0.29, 0.717) is 18.1 Å². The lowest BCUT2D eigenvalue weighted by Crippen LogP contribution is -2.39. The number of hydrogen-bond donors (Lipinski definition) is 2. The molecule has 0 unspecified atom stereocenters. The minimum atomic E-state index is 0.0628. The van der Waals surface area contributed by atoms with E-state index < -0.39 is 0 Å². The molecule has 142 valence electrons. The zero-order valence-corrected chi connectivity index (χ0v) is 16.5. The SMILES string of the molecule is Cc1ccc(OC[C@@H](C)NC(=S)Nc2ccc(N3CCCC3=O)cc2)cc1. The van der Waals surface area contributed by atoms with Crippen molar-refractivity contribution in [1.82, 2.24) is 5.32 Å². The zero-order valence-electron chi connectivity index (χ0n) is 15.7. The Morgan fingerprint density at radius 3 is 2.52 bits per heavy atom. The normalized spacial score (nSPS) is 14.7.